The van der Waals surface area contributed by atoms with Gasteiger partial charge in [-0.25, -0.2) is 8.42 Å². The molecule has 3 aromatic carbocycles. The van der Waals surface area contributed by atoms with Gasteiger partial charge in [-0.3, -0.25) is 0 Å². The summed E-state index contributed by atoms with van der Waals surface area (Å²) >= 11 is 6.15. The Kier molecular flexibility index (Phi) is 4.44. The average Bonchev–Trinajstić information content (AvgIpc) is 2.65. The topological polar surface area (TPSA) is 49.4 Å². The average molecular weight is 385 g/mol. The van der Waals surface area contributed by atoms with E-state index in [0.717, 1.165) is 11.1 Å². The van der Waals surface area contributed by atoms with E-state index in [-0.39, 0.29) is 11.4 Å². The van der Waals surface area contributed by atoms with Gasteiger partial charge in [-0.15, -0.1) is 0 Å². The number of hydrogen-bond acceptors (Lipinski definition) is 3. The minimum atomic E-state index is -3.66. The molecule has 6 heteroatoms. The Morgan fingerprint density at radius 2 is 1.65 bits per heavy atom. The third-order valence-corrected chi connectivity index (χ3v) is 6.50. The van der Waals surface area contributed by atoms with Crippen LogP contribution in [0.5, 0.6) is 0 Å². The van der Waals surface area contributed by atoms with Crippen molar-refractivity contribution in [3.05, 3.63) is 95.0 Å². The summed E-state index contributed by atoms with van der Waals surface area (Å²) in [6.45, 7) is 0.266. The van der Waals surface area contributed by atoms with E-state index in [9.17, 15) is 8.42 Å². The van der Waals surface area contributed by atoms with Crippen molar-refractivity contribution >= 4 is 27.3 Å². The Bertz CT molecular complexity index is 1040. The first-order valence-corrected chi connectivity index (χ1v) is 10.0. The zero-order chi connectivity index (χ0) is 18.1. The van der Waals surface area contributed by atoms with Gasteiger partial charge in [0.2, 0.25) is 10.0 Å². The van der Waals surface area contributed by atoms with E-state index in [1.54, 1.807) is 30.3 Å². The highest BCUT2D eigenvalue weighted by Crippen LogP contribution is 2.39. The van der Waals surface area contributed by atoms with Crippen molar-refractivity contribution in [3.8, 4) is 0 Å². The molecule has 0 amide bonds. The predicted octanol–water partition coefficient (Wildman–Crippen LogP) is 4.66. The van der Waals surface area contributed by atoms with E-state index in [2.05, 4.69) is 5.32 Å². The number of halogens is 1. The van der Waals surface area contributed by atoms with Crippen LogP contribution in [0, 0.1) is 0 Å². The van der Waals surface area contributed by atoms with Gasteiger partial charge in [-0.05, 0) is 35.4 Å². The summed E-state index contributed by atoms with van der Waals surface area (Å²) in [5, 5.41) is 3.92. The maximum absolute atomic E-state index is 13.3. The van der Waals surface area contributed by atoms with Crippen LogP contribution in [0.25, 0.3) is 0 Å². The van der Waals surface area contributed by atoms with Gasteiger partial charge in [0.15, 0.2) is 0 Å². The lowest BCUT2D eigenvalue weighted by Gasteiger charge is -2.37. The van der Waals surface area contributed by atoms with Crippen molar-refractivity contribution in [3.63, 3.8) is 0 Å². The van der Waals surface area contributed by atoms with Gasteiger partial charge in [0.05, 0.1) is 5.69 Å². The second-order valence-corrected chi connectivity index (χ2v) is 8.43. The van der Waals surface area contributed by atoms with E-state index in [1.807, 2.05) is 48.5 Å². The SMILES string of the molecule is O=S1(=O)c2ccccc2N[C@@H](c2cccc(Cl)c2)N1Cc1ccccc1. The van der Waals surface area contributed by atoms with Gasteiger partial charge in [0, 0.05) is 11.6 Å². The first kappa shape index (κ1) is 17.1. The molecule has 0 radical (unpaired) electrons. The van der Waals surface area contributed by atoms with E-state index in [4.69, 9.17) is 11.6 Å². The van der Waals surface area contributed by atoms with Crippen molar-refractivity contribution in [2.24, 2.45) is 0 Å². The number of nitrogens with zero attached hydrogens (tertiary/aromatic N) is 1. The fourth-order valence-corrected chi connectivity index (χ4v) is 5.04. The fraction of sp³-hybridized carbons (Fsp3) is 0.100. The Hall–Kier alpha value is -2.34. The van der Waals surface area contributed by atoms with Crippen molar-refractivity contribution in [1.29, 1.82) is 0 Å². The van der Waals surface area contributed by atoms with Crippen LogP contribution in [0.15, 0.2) is 83.8 Å². The Labute approximate surface area is 158 Å². The van der Waals surface area contributed by atoms with E-state index in [1.165, 1.54) is 4.31 Å². The highest BCUT2D eigenvalue weighted by atomic mass is 35.5. The van der Waals surface area contributed by atoms with Gasteiger partial charge in [0.25, 0.3) is 0 Å². The molecule has 1 atom stereocenters. The van der Waals surface area contributed by atoms with E-state index in [0.29, 0.717) is 10.7 Å². The highest BCUT2D eigenvalue weighted by Gasteiger charge is 2.38. The van der Waals surface area contributed by atoms with E-state index >= 15 is 0 Å². The molecule has 3 aromatic rings. The van der Waals surface area contributed by atoms with Crippen molar-refractivity contribution in [2.75, 3.05) is 5.32 Å². The molecule has 0 aromatic heterocycles. The van der Waals surface area contributed by atoms with Crippen LogP contribution >= 0.6 is 11.6 Å². The van der Waals surface area contributed by atoms with Gasteiger partial charge in [-0.2, -0.15) is 4.31 Å². The Morgan fingerprint density at radius 1 is 0.923 bits per heavy atom. The van der Waals surface area contributed by atoms with Gasteiger partial charge < -0.3 is 5.32 Å². The molecule has 0 saturated carbocycles. The van der Waals surface area contributed by atoms with E-state index < -0.39 is 16.2 Å². The standard InChI is InChI=1S/C20H17ClN2O2S/c21-17-10-6-9-16(13-17)20-22-18-11-4-5-12-19(18)26(24,25)23(20)14-15-7-2-1-3-8-15/h1-13,20,22H,14H2/t20-/m1/s1. The third-order valence-electron chi connectivity index (χ3n) is 4.40. The first-order chi connectivity index (χ1) is 12.6. The molecule has 1 aliphatic rings. The molecule has 26 heavy (non-hydrogen) atoms. The first-order valence-electron chi connectivity index (χ1n) is 8.22. The summed E-state index contributed by atoms with van der Waals surface area (Å²) in [5.74, 6) is 0. The maximum atomic E-state index is 13.3. The van der Waals surface area contributed by atoms with Crippen LogP contribution in [0.2, 0.25) is 5.02 Å². The second kappa shape index (κ2) is 6.76. The molecule has 0 saturated heterocycles. The van der Waals surface area contributed by atoms with Crippen LogP contribution < -0.4 is 5.32 Å². The molecular formula is C20H17ClN2O2S. The van der Waals surface area contributed by atoms with Crippen LogP contribution in [0.4, 0.5) is 5.69 Å². The number of para-hydroxylation sites is 1. The molecule has 0 fully saturated rings. The number of hydrogen-bond donors (Lipinski definition) is 1. The molecule has 1 aliphatic heterocycles. The number of anilines is 1. The number of fused-ring (bicyclic) bond motifs is 1. The number of nitrogens with one attached hydrogen (secondary N) is 1. The molecule has 132 valence electrons. The predicted molar refractivity (Wildman–Crippen MR) is 103 cm³/mol. The second-order valence-electron chi connectivity index (χ2n) is 6.13. The Morgan fingerprint density at radius 3 is 2.42 bits per heavy atom. The van der Waals surface area contributed by atoms with Crippen molar-refractivity contribution in [1.82, 2.24) is 4.31 Å². The van der Waals surface area contributed by atoms with Gasteiger partial charge in [0.1, 0.15) is 11.1 Å². The lowest BCUT2D eigenvalue weighted by molar-refractivity contribution is 0.336. The molecule has 4 nitrogen and oxygen atoms in total. The molecule has 0 spiro atoms. The molecule has 0 bridgehead atoms. The maximum Gasteiger partial charge on any atom is 0.247 e. The quantitative estimate of drug-likeness (QED) is 0.714. The number of benzene rings is 3. The van der Waals surface area contributed by atoms with Crippen LogP contribution in [0.3, 0.4) is 0 Å². The summed E-state index contributed by atoms with van der Waals surface area (Å²) in [4.78, 5) is 0.286. The van der Waals surface area contributed by atoms with Crippen molar-refractivity contribution in [2.45, 2.75) is 17.6 Å². The molecule has 1 heterocycles. The fourth-order valence-electron chi connectivity index (χ4n) is 3.16. The van der Waals surface area contributed by atoms with Crippen LogP contribution in [-0.2, 0) is 16.6 Å². The largest absolute Gasteiger partial charge is 0.364 e. The summed E-state index contributed by atoms with van der Waals surface area (Å²) in [7, 11) is -3.66. The smallest absolute Gasteiger partial charge is 0.247 e. The van der Waals surface area contributed by atoms with Crippen LogP contribution in [-0.4, -0.2) is 12.7 Å². The van der Waals surface area contributed by atoms with Gasteiger partial charge in [-0.1, -0.05) is 66.2 Å². The third kappa shape index (κ3) is 3.09. The zero-order valence-electron chi connectivity index (χ0n) is 13.8. The minimum absolute atomic E-state index is 0.266. The lowest BCUT2D eigenvalue weighted by Crippen LogP contribution is -2.42. The number of rotatable bonds is 3. The molecule has 4 rings (SSSR count). The molecule has 0 unspecified atom stereocenters. The molecule has 0 aliphatic carbocycles. The molecular weight excluding hydrogens is 368 g/mol. The summed E-state index contributed by atoms with van der Waals surface area (Å²) < 4.78 is 28.1. The monoisotopic (exact) mass is 384 g/mol. The minimum Gasteiger partial charge on any atom is -0.364 e. The Balaban J connectivity index is 1.85. The highest BCUT2D eigenvalue weighted by molar-refractivity contribution is 7.89. The summed E-state index contributed by atoms with van der Waals surface area (Å²) in [5.41, 5.74) is 2.32. The summed E-state index contributed by atoms with van der Waals surface area (Å²) in [6, 6.07) is 23.8. The molecule has 1 N–H and O–H groups in total. The number of sulfonamides is 1. The van der Waals surface area contributed by atoms with Crippen LogP contribution in [0.1, 0.15) is 17.3 Å². The zero-order valence-corrected chi connectivity index (χ0v) is 15.4. The lowest BCUT2D eigenvalue weighted by atomic mass is 10.1. The van der Waals surface area contributed by atoms with Crippen molar-refractivity contribution < 1.29 is 8.42 Å². The normalized spacial score (nSPS) is 18.7. The van der Waals surface area contributed by atoms with Gasteiger partial charge >= 0.3 is 0 Å². The summed E-state index contributed by atoms with van der Waals surface area (Å²) in [6.07, 6.45) is -0.534.